The number of hydrogen-bond donors (Lipinski definition) is 2. The molecule has 0 aliphatic rings. The minimum absolute atomic E-state index is 0.0392. The number of benzene rings is 1. The van der Waals surface area contributed by atoms with Gasteiger partial charge in [-0.1, -0.05) is 32.0 Å². The zero-order valence-corrected chi connectivity index (χ0v) is 11.1. The van der Waals surface area contributed by atoms with Crippen LogP contribution in [0, 0.1) is 12.8 Å². The first-order chi connectivity index (χ1) is 8.61. The fourth-order valence-electron chi connectivity index (χ4n) is 1.97. The SMILES string of the molecule is Cc1cc2ccccc2nc1N[C@H](CO)C(C)C. The third kappa shape index (κ3) is 2.62. The number of rotatable bonds is 4. The quantitative estimate of drug-likeness (QED) is 0.869. The molecule has 2 aromatic rings. The maximum atomic E-state index is 9.37. The second-order valence-corrected chi connectivity index (χ2v) is 5.02. The van der Waals surface area contributed by atoms with E-state index >= 15 is 0 Å². The van der Waals surface area contributed by atoms with Crippen molar-refractivity contribution in [3.05, 3.63) is 35.9 Å². The summed E-state index contributed by atoms with van der Waals surface area (Å²) in [5, 5.41) is 13.8. The maximum absolute atomic E-state index is 9.37. The van der Waals surface area contributed by atoms with E-state index in [1.54, 1.807) is 0 Å². The van der Waals surface area contributed by atoms with Crippen LogP contribution in [0.3, 0.4) is 0 Å². The summed E-state index contributed by atoms with van der Waals surface area (Å²) in [4.78, 5) is 4.62. The van der Waals surface area contributed by atoms with Gasteiger partial charge in [-0.05, 0) is 30.5 Å². The molecule has 1 aromatic carbocycles. The van der Waals surface area contributed by atoms with E-state index in [9.17, 15) is 5.11 Å². The van der Waals surface area contributed by atoms with E-state index in [0.29, 0.717) is 5.92 Å². The molecular formula is C15H20N2O. The Morgan fingerprint density at radius 2 is 2.00 bits per heavy atom. The number of aliphatic hydroxyl groups excluding tert-OH is 1. The van der Waals surface area contributed by atoms with Crippen LogP contribution >= 0.6 is 0 Å². The van der Waals surface area contributed by atoms with Crippen LogP contribution in [0.1, 0.15) is 19.4 Å². The van der Waals surface area contributed by atoms with Crippen LogP contribution in [0.25, 0.3) is 10.9 Å². The van der Waals surface area contributed by atoms with E-state index in [1.807, 2.05) is 25.1 Å². The van der Waals surface area contributed by atoms with Crippen LogP contribution < -0.4 is 5.32 Å². The molecule has 0 saturated carbocycles. The van der Waals surface area contributed by atoms with Crippen LogP contribution in [-0.4, -0.2) is 22.7 Å². The van der Waals surface area contributed by atoms with Crippen molar-refractivity contribution in [2.75, 3.05) is 11.9 Å². The molecule has 0 unspecified atom stereocenters. The number of aliphatic hydroxyl groups is 1. The first-order valence-electron chi connectivity index (χ1n) is 6.35. The predicted molar refractivity (Wildman–Crippen MR) is 75.8 cm³/mol. The third-order valence-electron chi connectivity index (χ3n) is 3.24. The minimum atomic E-state index is 0.0392. The number of aryl methyl sites for hydroxylation is 1. The van der Waals surface area contributed by atoms with Gasteiger partial charge in [0.05, 0.1) is 18.2 Å². The number of para-hydroxylation sites is 1. The van der Waals surface area contributed by atoms with E-state index in [4.69, 9.17) is 0 Å². The van der Waals surface area contributed by atoms with E-state index in [1.165, 1.54) is 0 Å². The number of hydrogen-bond acceptors (Lipinski definition) is 3. The zero-order valence-electron chi connectivity index (χ0n) is 11.1. The number of aromatic nitrogens is 1. The average molecular weight is 244 g/mol. The van der Waals surface area contributed by atoms with Gasteiger partial charge >= 0.3 is 0 Å². The molecule has 3 nitrogen and oxygen atoms in total. The van der Waals surface area contributed by atoms with Crippen molar-refractivity contribution in [2.24, 2.45) is 5.92 Å². The molecule has 96 valence electrons. The van der Waals surface area contributed by atoms with E-state index in [2.05, 4.69) is 36.3 Å². The van der Waals surface area contributed by atoms with Crippen LogP contribution in [-0.2, 0) is 0 Å². The van der Waals surface area contributed by atoms with Gasteiger partial charge in [0.1, 0.15) is 5.82 Å². The molecule has 0 bridgehead atoms. The molecule has 1 heterocycles. The molecule has 3 heteroatoms. The summed E-state index contributed by atoms with van der Waals surface area (Å²) in [5.74, 6) is 1.23. The van der Waals surface area contributed by atoms with Crippen LogP contribution in [0.2, 0.25) is 0 Å². The summed E-state index contributed by atoms with van der Waals surface area (Å²) >= 11 is 0. The highest BCUT2D eigenvalue weighted by molar-refractivity contribution is 5.81. The van der Waals surface area contributed by atoms with Gasteiger partial charge in [0.25, 0.3) is 0 Å². The molecule has 1 atom stereocenters. The van der Waals surface area contributed by atoms with Gasteiger partial charge < -0.3 is 10.4 Å². The molecule has 2 N–H and O–H groups in total. The molecule has 0 amide bonds. The third-order valence-corrected chi connectivity index (χ3v) is 3.24. The van der Waals surface area contributed by atoms with Crippen molar-refractivity contribution >= 4 is 16.7 Å². The Kier molecular flexibility index (Phi) is 3.82. The lowest BCUT2D eigenvalue weighted by Gasteiger charge is -2.21. The molecule has 0 fully saturated rings. The summed E-state index contributed by atoms with van der Waals surface area (Å²) in [6.07, 6.45) is 0. The zero-order chi connectivity index (χ0) is 13.1. The highest BCUT2D eigenvalue weighted by Gasteiger charge is 2.13. The van der Waals surface area contributed by atoms with Gasteiger partial charge in [0, 0.05) is 5.39 Å². The first-order valence-corrected chi connectivity index (χ1v) is 6.35. The van der Waals surface area contributed by atoms with Crippen molar-refractivity contribution in [3.63, 3.8) is 0 Å². The largest absolute Gasteiger partial charge is 0.394 e. The molecule has 0 radical (unpaired) electrons. The number of nitrogens with one attached hydrogen (secondary N) is 1. The molecule has 0 aliphatic heterocycles. The van der Waals surface area contributed by atoms with Gasteiger partial charge in [0.15, 0.2) is 0 Å². The van der Waals surface area contributed by atoms with Gasteiger partial charge in [-0.15, -0.1) is 0 Å². The molecular weight excluding hydrogens is 224 g/mol. The number of pyridine rings is 1. The van der Waals surface area contributed by atoms with E-state index in [-0.39, 0.29) is 12.6 Å². The average Bonchev–Trinajstić information content (AvgIpc) is 2.35. The summed E-state index contributed by atoms with van der Waals surface area (Å²) in [7, 11) is 0. The number of nitrogens with zero attached hydrogens (tertiary/aromatic N) is 1. The summed E-state index contributed by atoms with van der Waals surface area (Å²) < 4.78 is 0. The monoisotopic (exact) mass is 244 g/mol. The van der Waals surface area contributed by atoms with Crippen molar-refractivity contribution in [3.8, 4) is 0 Å². The summed E-state index contributed by atoms with van der Waals surface area (Å²) in [6.45, 7) is 6.33. The minimum Gasteiger partial charge on any atom is -0.394 e. The molecule has 1 aromatic heterocycles. The Labute approximate surface area is 108 Å². The Bertz CT molecular complexity index is 537. The smallest absolute Gasteiger partial charge is 0.129 e. The molecule has 0 saturated heterocycles. The predicted octanol–water partition coefficient (Wildman–Crippen LogP) is 2.97. The van der Waals surface area contributed by atoms with Crippen LogP contribution in [0.5, 0.6) is 0 Å². The Morgan fingerprint density at radius 3 is 2.67 bits per heavy atom. The van der Waals surface area contributed by atoms with Crippen LogP contribution in [0.15, 0.2) is 30.3 Å². The topological polar surface area (TPSA) is 45.2 Å². The standard InChI is InChI=1S/C15H20N2O/c1-10(2)14(9-18)17-15-11(3)8-12-6-4-5-7-13(12)16-15/h4-8,10,14,18H,9H2,1-3H3,(H,16,17)/t14-/m1/s1. The normalized spacial score (nSPS) is 12.9. The lowest BCUT2D eigenvalue weighted by molar-refractivity contribution is 0.249. The summed E-state index contributed by atoms with van der Waals surface area (Å²) in [6, 6.07) is 10.2. The van der Waals surface area contributed by atoms with E-state index in [0.717, 1.165) is 22.3 Å². The van der Waals surface area contributed by atoms with E-state index < -0.39 is 0 Å². The fraction of sp³-hybridized carbons (Fsp3) is 0.400. The Hall–Kier alpha value is -1.61. The van der Waals surface area contributed by atoms with Gasteiger partial charge in [-0.2, -0.15) is 0 Å². The lowest BCUT2D eigenvalue weighted by atomic mass is 10.0. The van der Waals surface area contributed by atoms with Crippen molar-refractivity contribution in [1.29, 1.82) is 0 Å². The number of anilines is 1. The van der Waals surface area contributed by atoms with Crippen molar-refractivity contribution < 1.29 is 5.11 Å². The number of fused-ring (bicyclic) bond motifs is 1. The Morgan fingerprint density at radius 1 is 1.28 bits per heavy atom. The van der Waals surface area contributed by atoms with Crippen molar-refractivity contribution in [2.45, 2.75) is 26.8 Å². The van der Waals surface area contributed by atoms with Gasteiger partial charge in [-0.3, -0.25) is 0 Å². The second kappa shape index (κ2) is 5.36. The fourth-order valence-corrected chi connectivity index (χ4v) is 1.97. The van der Waals surface area contributed by atoms with Gasteiger partial charge in [0.2, 0.25) is 0 Å². The summed E-state index contributed by atoms with van der Waals surface area (Å²) in [5.41, 5.74) is 2.08. The lowest BCUT2D eigenvalue weighted by Crippen LogP contribution is -2.30. The molecule has 18 heavy (non-hydrogen) atoms. The molecule has 2 rings (SSSR count). The maximum Gasteiger partial charge on any atom is 0.129 e. The molecule has 0 spiro atoms. The highest BCUT2D eigenvalue weighted by atomic mass is 16.3. The second-order valence-electron chi connectivity index (χ2n) is 5.02. The highest BCUT2D eigenvalue weighted by Crippen LogP contribution is 2.21. The molecule has 0 aliphatic carbocycles. The van der Waals surface area contributed by atoms with Crippen LogP contribution in [0.4, 0.5) is 5.82 Å². The Balaban J connectivity index is 2.35. The van der Waals surface area contributed by atoms with Gasteiger partial charge in [-0.25, -0.2) is 4.98 Å². The van der Waals surface area contributed by atoms with Crippen molar-refractivity contribution in [1.82, 2.24) is 4.98 Å². The first kappa shape index (κ1) is 12.8.